The number of benzene rings is 2. The van der Waals surface area contributed by atoms with Crippen molar-refractivity contribution < 1.29 is 4.79 Å². The van der Waals surface area contributed by atoms with E-state index in [1.54, 1.807) is 29.0 Å². The van der Waals surface area contributed by atoms with Gasteiger partial charge in [-0.1, -0.05) is 48.0 Å². The molecule has 0 unspecified atom stereocenters. The van der Waals surface area contributed by atoms with Gasteiger partial charge in [0.25, 0.3) is 5.56 Å². The summed E-state index contributed by atoms with van der Waals surface area (Å²) in [5, 5.41) is 11.7. The molecule has 1 aliphatic heterocycles. The fourth-order valence-corrected chi connectivity index (χ4v) is 5.23. The van der Waals surface area contributed by atoms with E-state index in [0.29, 0.717) is 22.7 Å². The number of thiophene rings is 1. The Kier molecular flexibility index (Phi) is 5.19. The smallest absolute Gasteiger partial charge is 0.260 e. The van der Waals surface area contributed by atoms with Crippen LogP contribution in [0.3, 0.4) is 0 Å². The zero-order chi connectivity index (χ0) is 22.4. The molecule has 0 spiro atoms. The number of pyridine rings is 1. The van der Waals surface area contributed by atoms with Crippen molar-refractivity contribution in [3.05, 3.63) is 91.9 Å². The highest BCUT2D eigenvalue weighted by molar-refractivity contribution is 7.08. The Morgan fingerprint density at radius 3 is 2.59 bits per heavy atom. The molecule has 1 aliphatic rings. The molecule has 1 amide bonds. The van der Waals surface area contributed by atoms with Gasteiger partial charge in [-0.2, -0.15) is 16.4 Å². The number of hydrazone groups is 1. The van der Waals surface area contributed by atoms with E-state index in [-0.39, 0.29) is 17.5 Å². The maximum absolute atomic E-state index is 13.7. The SMILES string of the molecule is CC(=O)N1N=C(c2c(-c3ccccc3)c3ccc(Cl)cc3n(C)c2=O)C[C@@H]1c1ccsc1. The van der Waals surface area contributed by atoms with Crippen molar-refractivity contribution in [3.63, 3.8) is 0 Å². The second-order valence-electron chi connectivity index (χ2n) is 7.83. The molecule has 3 heterocycles. The van der Waals surface area contributed by atoms with E-state index < -0.39 is 0 Å². The van der Waals surface area contributed by atoms with Crippen LogP contribution < -0.4 is 5.56 Å². The standard InChI is InChI=1S/C25H20ClN3O2S/c1-15(30)29-21(17-10-11-32-14-17)13-20(27-29)24-23(16-6-4-3-5-7-16)19-9-8-18(26)12-22(19)28(2)25(24)31/h3-12,14,21H,13H2,1-2H3/t21-/m1/s1. The Labute approximate surface area is 194 Å². The van der Waals surface area contributed by atoms with Gasteiger partial charge in [-0.3, -0.25) is 9.59 Å². The Balaban J connectivity index is 1.80. The van der Waals surface area contributed by atoms with E-state index in [4.69, 9.17) is 11.6 Å². The Morgan fingerprint density at radius 2 is 1.91 bits per heavy atom. The summed E-state index contributed by atoms with van der Waals surface area (Å²) in [5.74, 6) is -0.151. The summed E-state index contributed by atoms with van der Waals surface area (Å²) < 4.78 is 1.61. The van der Waals surface area contributed by atoms with Crippen LogP contribution in [0.4, 0.5) is 0 Å². The van der Waals surface area contributed by atoms with Crippen LogP contribution in [-0.4, -0.2) is 21.2 Å². The maximum Gasteiger partial charge on any atom is 0.260 e. The van der Waals surface area contributed by atoms with Crippen LogP contribution in [0.15, 0.2) is 75.3 Å². The average Bonchev–Trinajstić information content (AvgIpc) is 3.47. The quantitative estimate of drug-likeness (QED) is 0.397. The van der Waals surface area contributed by atoms with E-state index in [9.17, 15) is 9.59 Å². The zero-order valence-electron chi connectivity index (χ0n) is 17.6. The van der Waals surface area contributed by atoms with Crippen molar-refractivity contribution >= 4 is 45.5 Å². The molecule has 2 aromatic heterocycles. The number of aryl methyl sites for hydroxylation is 1. The lowest BCUT2D eigenvalue weighted by Gasteiger charge is -2.19. The van der Waals surface area contributed by atoms with E-state index in [0.717, 1.165) is 27.6 Å². The second-order valence-corrected chi connectivity index (χ2v) is 9.05. The van der Waals surface area contributed by atoms with Gasteiger partial charge in [0.1, 0.15) is 0 Å². The van der Waals surface area contributed by atoms with E-state index in [1.807, 2.05) is 59.3 Å². The van der Waals surface area contributed by atoms with Crippen LogP contribution >= 0.6 is 22.9 Å². The monoisotopic (exact) mass is 461 g/mol. The van der Waals surface area contributed by atoms with Crippen molar-refractivity contribution in [2.24, 2.45) is 12.1 Å². The molecule has 0 bridgehead atoms. The van der Waals surface area contributed by atoms with Crippen LogP contribution in [0.2, 0.25) is 5.02 Å². The molecule has 2 aromatic carbocycles. The van der Waals surface area contributed by atoms with Gasteiger partial charge in [-0.15, -0.1) is 0 Å². The number of hydrogen-bond acceptors (Lipinski definition) is 4. The van der Waals surface area contributed by atoms with Crippen molar-refractivity contribution in [1.82, 2.24) is 9.58 Å². The molecular weight excluding hydrogens is 442 g/mol. The predicted octanol–water partition coefficient (Wildman–Crippen LogP) is 5.62. The topological polar surface area (TPSA) is 54.7 Å². The number of halogens is 1. The minimum atomic E-state index is -0.219. The van der Waals surface area contributed by atoms with Gasteiger partial charge in [0, 0.05) is 36.4 Å². The molecule has 4 aromatic rings. The van der Waals surface area contributed by atoms with Crippen LogP contribution in [0.25, 0.3) is 22.0 Å². The fourth-order valence-electron chi connectivity index (χ4n) is 4.36. The molecule has 0 fully saturated rings. The molecular formula is C25H20ClN3O2S. The van der Waals surface area contributed by atoms with Gasteiger partial charge in [-0.25, -0.2) is 5.01 Å². The Bertz CT molecular complexity index is 1430. The van der Waals surface area contributed by atoms with Crippen molar-refractivity contribution in [1.29, 1.82) is 0 Å². The highest BCUT2D eigenvalue weighted by Gasteiger charge is 2.34. The van der Waals surface area contributed by atoms with Gasteiger partial charge in [0.05, 0.1) is 22.8 Å². The number of rotatable bonds is 3. The third kappa shape index (κ3) is 3.36. The third-order valence-electron chi connectivity index (χ3n) is 5.87. The van der Waals surface area contributed by atoms with Gasteiger partial charge >= 0.3 is 0 Å². The fraction of sp³-hybridized carbons (Fsp3) is 0.160. The van der Waals surface area contributed by atoms with Gasteiger partial charge in [0.15, 0.2) is 0 Å². The molecule has 1 atom stereocenters. The molecule has 160 valence electrons. The first-order valence-electron chi connectivity index (χ1n) is 10.2. The summed E-state index contributed by atoms with van der Waals surface area (Å²) >= 11 is 7.83. The van der Waals surface area contributed by atoms with Crippen LogP contribution in [0, 0.1) is 0 Å². The zero-order valence-corrected chi connectivity index (χ0v) is 19.2. The highest BCUT2D eigenvalue weighted by Crippen LogP contribution is 2.38. The minimum absolute atomic E-state index is 0.151. The molecule has 0 aliphatic carbocycles. The predicted molar refractivity (Wildman–Crippen MR) is 130 cm³/mol. The van der Waals surface area contributed by atoms with Crippen LogP contribution in [0.5, 0.6) is 0 Å². The molecule has 7 heteroatoms. The number of fused-ring (bicyclic) bond motifs is 1. The molecule has 0 radical (unpaired) electrons. The largest absolute Gasteiger partial charge is 0.311 e. The van der Waals surface area contributed by atoms with Crippen molar-refractivity contribution in [2.75, 3.05) is 0 Å². The highest BCUT2D eigenvalue weighted by atomic mass is 35.5. The number of nitrogens with zero attached hydrogens (tertiary/aromatic N) is 3. The van der Waals surface area contributed by atoms with Gasteiger partial charge < -0.3 is 4.57 Å². The molecule has 5 rings (SSSR count). The lowest BCUT2D eigenvalue weighted by molar-refractivity contribution is -0.130. The van der Waals surface area contributed by atoms with Crippen molar-refractivity contribution in [3.8, 4) is 11.1 Å². The van der Waals surface area contributed by atoms with Gasteiger partial charge in [-0.05, 0) is 40.1 Å². The molecule has 32 heavy (non-hydrogen) atoms. The normalized spacial score (nSPS) is 15.9. The molecule has 0 N–H and O–H groups in total. The first kappa shape index (κ1) is 20.7. The van der Waals surface area contributed by atoms with Crippen LogP contribution in [-0.2, 0) is 11.8 Å². The van der Waals surface area contributed by atoms with E-state index in [2.05, 4.69) is 5.10 Å². The summed E-state index contributed by atoms with van der Waals surface area (Å²) in [7, 11) is 1.74. The number of carbonyl (C=O) groups is 1. The maximum atomic E-state index is 13.7. The Morgan fingerprint density at radius 1 is 1.12 bits per heavy atom. The summed E-state index contributed by atoms with van der Waals surface area (Å²) in [6.07, 6.45) is 0.477. The molecule has 5 nitrogen and oxygen atoms in total. The Hall–Kier alpha value is -3.22. The summed E-state index contributed by atoms with van der Waals surface area (Å²) in [5.41, 5.74) is 4.49. The number of aromatic nitrogens is 1. The first-order chi connectivity index (χ1) is 15.5. The van der Waals surface area contributed by atoms with Crippen molar-refractivity contribution in [2.45, 2.75) is 19.4 Å². The first-order valence-corrected chi connectivity index (χ1v) is 11.5. The molecule has 0 saturated carbocycles. The summed E-state index contributed by atoms with van der Waals surface area (Å²) in [6, 6.07) is 17.2. The number of hydrogen-bond donors (Lipinski definition) is 0. The van der Waals surface area contributed by atoms with E-state index in [1.165, 1.54) is 11.9 Å². The lowest BCUT2D eigenvalue weighted by Crippen LogP contribution is -2.26. The van der Waals surface area contributed by atoms with E-state index >= 15 is 0 Å². The number of carbonyl (C=O) groups excluding carboxylic acids is 1. The third-order valence-corrected chi connectivity index (χ3v) is 6.81. The lowest BCUT2D eigenvalue weighted by atomic mass is 9.91. The van der Waals surface area contributed by atoms with Crippen LogP contribution in [0.1, 0.15) is 30.5 Å². The number of amides is 1. The molecule has 0 saturated heterocycles. The second kappa shape index (κ2) is 8.04. The van der Waals surface area contributed by atoms with Gasteiger partial charge in [0.2, 0.25) is 5.91 Å². The summed E-state index contributed by atoms with van der Waals surface area (Å²) in [6.45, 7) is 1.50. The average molecular weight is 462 g/mol. The minimum Gasteiger partial charge on any atom is -0.311 e. The summed E-state index contributed by atoms with van der Waals surface area (Å²) in [4.78, 5) is 26.1.